The van der Waals surface area contributed by atoms with Crippen LogP contribution in [0.4, 0.5) is 0 Å². The van der Waals surface area contributed by atoms with Gasteiger partial charge in [-0.3, -0.25) is 9.56 Å². The monoisotopic (exact) mass is 324 g/mol. The van der Waals surface area contributed by atoms with E-state index in [9.17, 15) is 0 Å². The molecule has 0 aliphatic rings. The van der Waals surface area contributed by atoms with E-state index in [2.05, 4.69) is 0 Å². The van der Waals surface area contributed by atoms with Gasteiger partial charge in [0, 0.05) is 19.6 Å². The number of benzene rings is 3. The van der Waals surface area contributed by atoms with Crippen molar-refractivity contribution in [2.24, 2.45) is 0 Å². The highest BCUT2D eigenvalue weighted by Crippen LogP contribution is 2.21. The molecule has 3 aromatic rings. The van der Waals surface area contributed by atoms with Crippen LogP contribution >= 0.6 is 0 Å². The van der Waals surface area contributed by atoms with Crippen LogP contribution in [0.5, 0.6) is 0 Å². The average Bonchev–Trinajstić information content (AvgIpc) is 2.62. The van der Waals surface area contributed by atoms with Crippen molar-refractivity contribution in [2.45, 2.75) is 19.6 Å². The van der Waals surface area contributed by atoms with Crippen LogP contribution in [-0.4, -0.2) is 0 Å². The van der Waals surface area contributed by atoms with E-state index in [-0.39, 0.29) is 0 Å². The molecule has 0 amide bonds. The molecule has 3 rings (SSSR count). The molecule has 3 aromatic carbocycles. The number of hydrogen-bond donors (Lipinski definition) is 2. The molecule has 2 unspecified atom stereocenters. The molecule has 2 atom stereocenters. The second kappa shape index (κ2) is 6.81. The summed E-state index contributed by atoms with van der Waals surface area (Å²) in [5.41, 5.74) is 0. The van der Waals surface area contributed by atoms with E-state index < -0.39 is 21.4 Å². The van der Waals surface area contributed by atoms with Crippen molar-refractivity contribution in [1.29, 1.82) is 9.56 Å². The topological polar surface area (TPSA) is 47.7 Å². The first-order chi connectivity index (χ1) is 10.8. The Kier molecular flexibility index (Phi) is 4.61. The largest absolute Gasteiger partial charge is 0.271 e. The van der Waals surface area contributed by atoms with Crippen molar-refractivity contribution in [2.75, 3.05) is 0 Å². The third-order valence-electron chi connectivity index (χ3n) is 3.25. The molecule has 0 saturated heterocycles. The lowest BCUT2D eigenvalue weighted by atomic mass is 10.4. The van der Waals surface area contributed by atoms with Crippen molar-refractivity contribution in [1.82, 2.24) is 0 Å². The lowest BCUT2D eigenvalue weighted by Gasteiger charge is -2.09. The molecule has 0 aliphatic heterocycles. The smallest absolute Gasteiger partial charge is 0.0230 e. The predicted octanol–water partition coefficient (Wildman–Crippen LogP) is 5.28. The second-order valence-corrected chi connectivity index (χ2v) is 7.82. The molecule has 0 heterocycles. The van der Waals surface area contributed by atoms with Crippen LogP contribution in [0.1, 0.15) is 0 Å². The van der Waals surface area contributed by atoms with Crippen molar-refractivity contribution >= 4 is 21.4 Å². The van der Waals surface area contributed by atoms with Crippen molar-refractivity contribution in [3.63, 3.8) is 0 Å². The van der Waals surface area contributed by atoms with Gasteiger partial charge in [0.2, 0.25) is 0 Å². The van der Waals surface area contributed by atoms with Gasteiger partial charge in [0.25, 0.3) is 0 Å². The molecular weight excluding hydrogens is 308 g/mol. The Morgan fingerprint density at radius 1 is 0.409 bits per heavy atom. The van der Waals surface area contributed by atoms with Crippen LogP contribution in [0.15, 0.2) is 105 Å². The van der Waals surface area contributed by atoms with Crippen molar-refractivity contribution in [3.8, 4) is 0 Å². The van der Waals surface area contributed by atoms with Crippen LogP contribution in [0.25, 0.3) is 0 Å². The van der Waals surface area contributed by atoms with Crippen LogP contribution in [0.3, 0.4) is 0 Å². The number of hydrogen-bond acceptors (Lipinski definition) is 2. The number of nitrogens with one attached hydrogen (secondary N) is 2. The molecule has 0 aliphatic carbocycles. The maximum Gasteiger partial charge on any atom is 0.0230 e. The number of rotatable bonds is 4. The maximum atomic E-state index is 8.38. The first-order valence-electron chi connectivity index (χ1n) is 6.87. The van der Waals surface area contributed by atoms with Gasteiger partial charge in [-0.1, -0.05) is 36.4 Å². The van der Waals surface area contributed by atoms with Gasteiger partial charge in [-0.15, -0.1) is 0 Å². The molecular formula is C18H16N2S2. The molecule has 0 spiro atoms. The molecule has 22 heavy (non-hydrogen) atoms. The minimum atomic E-state index is -0.671. The Bertz CT molecular complexity index is 727. The Morgan fingerprint density at radius 3 is 1.00 bits per heavy atom. The quantitative estimate of drug-likeness (QED) is 0.655. The Hall–Kier alpha value is -2.04. The summed E-state index contributed by atoms with van der Waals surface area (Å²) < 4.78 is 16.8. The third-order valence-corrected chi connectivity index (χ3v) is 6.23. The van der Waals surface area contributed by atoms with E-state index >= 15 is 0 Å². The fourth-order valence-corrected chi connectivity index (χ4v) is 4.32. The molecule has 0 saturated carbocycles. The highest BCUT2D eigenvalue weighted by atomic mass is 32.2. The molecule has 0 aromatic heterocycles. The van der Waals surface area contributed by atoms with E-state index in [0.717, 1.165) is 19.6 Å². The lowest BCUT2D eigenvalue weighted by molar-refractivity contribution is 1.29. The molecule has 0 fully saturated rings. The summed E-state index contributed by atoms with van der Waals surface area (Å²) in [5.74, 6) is 0. The molecule has 2 nitrogen and oxygen atoms in total. The van der Waals surface area contributed by atoms with Crippen molar-refractivity contribution in [3.05, 3.63) is 84.9 Å². The Balaban J connectivity index is 1.84. The fraction of sp³-hybridized carbons (Fsp3) is 0. The SMILES string of the molecule is N=S(c1ccccc1)c1ccc(S(=N)c2ccccc2)cc1. The van der Waals surface area contributed by atoms with E-state index in [4.69, 9.17) is 9.56 Å². The summed E-state index contributed by atoms with van der Waals surface area (Å²) in [6, 6.07) is 27.7. The zero-order valence-electron chi connectivity index (χ0n) is 11.9. The normalized spacial score (nSPS) is 13.5. The minimum Gasteiger partial charge on any atom is -0.271 e. The first kappa shape index (κ1) is 14.9. The zero-order chi connectivity index (χ0) is 15.4. The summed E-state index contributed by atoms with van der Waals surface area (Å²) in [6.07, 6.45) is 0. The van der Waals surface area contributed by atoms with Gasteiger partial charge in [-0.2, -0.15) is 0 Å². The van der Waals surface area contributed by atoms with Gasteiger partial charge in [-0.25, -0.2) is 0 Å². The third kappa shape index (κ3) is 3.24. The predicted molar refractivity (Wildman–Crippen MR) is 92.6 cm³/mol. The summed E-state index contributed by atoms with van der Waals surface area (Å²) in [4.78, 5) is 4.01. The molecule has 2 N–H and O–H groups in total. The van der Waals surface area contributed by atoms with Gasteiger partial charge in [0.05, 0.1) is 0 Å². The molecule has 4 heteroatoms. The second-order valence-electron chi connectivity index (χ2n) is 4.71. The zero-order valence-corrected chi connectivity index (χ0v) is 13.5. The Labute approximate surface area is 135 Å². The fourth-order valence-electron chi connectivity index (χ4n) is 2.10. The van der Waals surface area contributed by atoms with Gasteiger partial charge in [0.1, 0.15) is 0 Å². The van der Waals surface area contributed by atoms with Gasteiger partial charge < -0.3 is 0 Å². The average molecular weight is 324 g/mol. The van der Waals surface area contributed by atoms with Gasteiger partial charge in [0.15, 0.2) is 0 Å². The Morgan fingerprint density at radius 2 is 0.682 bits per heavy atom. The maximum absolute atomic E-state index is 8.38. The van der Waals surface area contributed by atoms with Gasteiger partial charge >= 0.3 is 0 Å². The lowest BCUT2D eigenvalue weighted by Crippen LogP contribution is -1.94. The van der Waals surface area contributed by atoms with E-state index in [1.807, 2.05) is 84.9 Å². The standard InChI is InChI=1S/C18H16N2S2/c19-21(15-7-3-1-4-8-15)17-11-13-18(14-12-17)22(20)16-9-5-2-6-10-16/h1-14,19-20H. The summed E-state index contributed by atoms with van der Waals surface area (Å²) >= 11 is 0. The summed E-state index contributed by atoms with van der Waals surface area (Å²) in [7, 11) is -1.34. The van der Waals surface area contributed by atoms with E-state index in [0.29, 0.717) is 0 Å². The highest BCUT2D eigenvalue weighted by Gasteiger charge is 2.05. The molecule has 0 bridgehead atoms. The van der Waals surface area contributed by atoms with E-state index in [1.54, 1.807) is 0 Å². The van der Waals surface area contributed by atoms with Crippen molar-refractivity contribution < 1.29 is 0 Å². The molecule has 110 valence electrons. The first-order valence-corrected chi connectivity index (χ1v) is 9.32. The van der Waals surface area contributed by atoms with Crippen LogP contribution in [-0.2, 0) is 21.4 Å². The molecule has 0 radical (unpaired) electrons. The van der Waals surface area contributed by atoms with Crippen LogP contribution in [0.2, 0.25) is 0 Å². The summed E-state index contributed by atoms with van der Waals surface area (Å²) in [5, 5.41) is 0. The van der Waals surface area contributed by atoms with Crippen LogP contribution in [0, 0.1) is 9.56 Å². The summed E-state index contributed by atoms with van der Waals surface area (Å²) in [6.45, 7) is 0. The highest BCUT2D eigenvalue weighted by molar-refractivity contribution is 7.86. The van der Waals surface area contributed by atoms with Gasteiger partial charge in [-0.05, 0) is 69.9 Å². The van der Waals surface area contributed by atoms with Crippen LogP contribution < -0.4 is 0 Å². The van der Waals surface area contributed by atoms with E-state index in [1.165, 1.54) is 0 Å². The minimum absolute atomic E-state index is 0.671.